The number of nitrogens with zero attached hydrogens (tertiary/aromatic N) is 1. The minimum absolute atomic E-state index is 0.0898. The highest BCUT2D eigenvalue weighted by atomic mass is 35.5. The molecule has 2 aromatic carbocycles. The van der Waals surface area contributed by atoms with E-state index in [9.17, 15) is 9.59 Å². The fourth-order valence-corrected chi connectivity index (χ4v) is 2.73. The van der Waals surface area contributed by atoms with E-state index in [2.05, 4.69) is 29.4 Å². The predicted molar refractivity (Wildman–Crippen MR) is 106 cm³/mol. The zero-order valence-electron chi connectivity index (χ0n) is 15.3. The van der Waals surface area contributed by atoms with Gasteiger partial charge in [-0.05, 0) is 55.8 Å². The van der Waals surface area contributed by atoms with Crippen molar-refractivity contribution >= 4 is 34.8 Å². The summed E-state index contributed by atoms with van der Waals surface area (Å²) in [7, 11) is 0. The van der Waals surface area contributed by atoms with E-state index in [1.54, 1.807) is 24.3 Å². The van der Waals surface area contributed by atoms with Crippen LogP contribution in [0.4, 0.5) is 11.4 Å². The van der Waals surface area contributed by atoms with Crippen molar-refractivity contribution in [1.82, 2.24) is 4.90 Å². The lowest BCUT2D eigenvalue weighted by Gasteiger charge is -2.26. The largest absolute Gasteiger partial charge is 0.326 e. The van der Waals surface area contributed by atoms with Gasteiger partial charge in [0.1, 0.15) is 0 Å². The second-order valence-electron chi connectivity index (χ2n) is 6.44. The summed E-state index contributed by atoms with van der Waals surface area (Å²) in [5.74, 6) is -0.219. The minimum Gasteiger partial charge on any atom is -0.326 e. The van der Waals surface area contributed by atoms with E-state index in [4.69, 9.17) is 11.6 Å². The van der Waals surface area contributed by atoms with E-state index in [1.165, 1.54) is 6.92 Å². The third-order valence-corrected chi connectivity index (χ3v) is 4.08. The van der Waals surface area contributed by atoms with Crippen LogP contribution in [0.3, 0.4) is 0 Å². The summed E-state index contributed by atoms with van der Waals surface area (Å²) in [6.07, 6.45) is 0. The molecule has 0 saturated carbocycles. The highest BCUT2D eigenvalue weighted by Gasteiger charge is 2.15. The van der Waals surface area contributed by atoms with E-state index in [1.807, 2.05) is 24.3 Å². The molecule has 0 aromatic heterocycles. The molecule has 0 aliphatic heterocycles. The van der Waals surface area contributed by atoms with Crippen LogP contribution in [0.5, 0.6) is 0 Å². The number of amides is 2. The average molecular weight is 374 g/mol. The second-order valence-corrected chi connectivity index (χ2v) is 6.87. The van der Waals surface area contributed by atoms with Gasteiger partial charge in [0.25, 0.3) is 0 Å². The summed E-state index contributed by atoms with van der Waals surface area (Å²) in [5.41, 5.74) is 2.45. The number of anilines is 2. The van der Waals surface area contributed by atoms with Crippen LogP contribution < -0.4 is 10.6 Å². The summed E-state index contributed by atoms with van der Waals surface area (Å²) >= 11 is 6.04. The molecule has 6 heteroatoms. The minimum atomic E-state index is -0.129. The van der Waals surface area contributed by atoms with Gasteiger partial charge < -0.3 is 10.6 Å². The molecular weight excluding hydrogens is 350 g/mol. The lowest BCUT2D eigenvalue weighted by atomic mass is 10.2. The molecule has 2 aromatic rings. The van der Waals surface area contributed by atoms with Gasteiger partial charge in [0, 0.05) is 35.9 Å². The molecule has 0 unspecified atom stereocenters. The van der Waals surface area contributed by atoms with Crippen molar-refractivity contribution in [2.45, 2.75) is 33.4 Å². The van der Waals surface area contributed by atoms with Gasteiger partial charge in [-0.1, -0.05) is 23.7 Å². The van der Waals surface area contributed by atoms with E-state index in [-0.39, 0.29) is 24.4 Å². The zero-order valence-corrected chi connectivity index (χ0v) is 16.0. The Morgan fingerprint density at radius 2 is 1.65 bits per heavy atom. The first-order chi connectivity index (χ1) is 12.3. The maximum Gasteiger partial charge on any atom is 0.238 e. The Bertz CT molecular complexity index is 760. The molecule has 2 N–H and O–H groups in total. The lowest BCUT2D eigenvalue weighted by molar-refractivity contribution is -0.118. The summed E-state index contributed by atoms with van der Waals surface area (Å²) in [4.78, 5) is 25.5. The molecule has 2 amide bonds. The van der Waals surface area contributed by atoms with Gasteiger partial charge in [-0.3, -0.25) is 14.5 Å². The van der Waals surface area contributed by atoms with Crippen molar-refractivity contribution in [3.05, 3.63) is 59.1 Å². The van der Waals surface area contributed by atoms with Crippen molar-refractivity contribution in [3.8, 4) is 0 Å². The number of nitrogens with one attached hydrogen (secondary N) is 2. The molecule has 138 valence electrons. The molecule has 0 saturated heterocycles. The standard InChI is InChI=1S/C20H24ClN3O2/c1-14(2)24(12-16-5-4-6-17(21)11-16)13-20(26)23-19-9-7-18(8-10-19)22-15(3)25/h4-11,14H,12-13H2,1-3H3,(H,22,25)(H,23,26). The van der Waals surface area contributed by atoms with Crippen molar-refractivity contribution in [3.63, 3.8) is 0 Å². The summed E-state index contributed by atoms with van der Waals surface area (Å²) in [5, 5.41) is 6.27. The van der Waals surface area contributed by atoms with Crippen LogP contribution in [-0.4, -0.2) is 29.3 Å². The third kappa shape index (κ3) is 6.50. The number of carbonyl (C=O) groups excluding carboxylic acids is 2. The zero-order chi connectivity index (χ0) is 19.1. The number of hydrogen-bond donors (Lipinski definition) is 2. The van der Waals surface area contributed by atoms with Crippen LogP contribution >= 0.6 is 11.6 Å². The van der Waals surface area contributed by atoms with Crippen LogP contribution in [0, 0.1) is 0 Å². The summed E-state index contributed by atoms with van der Waals surface area (Å²) < 4.78 is 0. The molecule has 26 heavy (non-hydrogen) atoms. The Kier molecular flexibility index (Phi) is 7.18. The van der Waals surface area contributed by atoms with Crippen LogP contribution in [0.25, 0.3) is 0 Å². The molecule has 0 aliphatic carbocycles. The molecule has 0 heterocycles. The van der Waals surface area contributed by atoms with Gasteiger partial charge in [0.05, 0.1) is 6.54 Å². The fraction of sp³-hybridized carbons (Fsp3) is 0.300. The quantitative estimate of drug-likeness (QED) is 0.766. The topological polar surface area (TPSA) is 61.4 Å². The number of hydrogen-bond acceptors (Lipinski definition) is 3. The van der Waals surface area contributed by atoms with Crippen molar-refractivity contribution in [2.24, 2.45) is 0 Å². The SMILES string of the molecule is CC(=O)Nc1ccc(NC(=O)CN(Cc2cccc(Cl)c2)C(C)C)cc1. The number of carbonyl (C=O) groups is 2. The van der Waals surface area contributed by atoms with E-state index >= 15 is 0 Å². The summed E-state index contributed by atoms with van der Waals surface area (Å²) in [6, 6.07) is 14.9. The number of rotatable bonds is 7. The maximum absolute atomic E-state index is 12.4. The van der Waals surface area contributed by atoms with E-state index < -0.39 is 0 Å². The Morgan fingerprint density at radius 3 is 2.19 bits per heavy atom. The normalized spacial score (nSPS) is 10.8. The lowest BCUT2D eigenvalue weighted by Crippen LogP contribution is -2.37. The third-order valence-electron chi connectivity index (χ3n) is 3.84. The smallest absolute Gasteiger partial charge is 0.238 e. The van der Waals surface area contributed by atoms with Crippen molar-refractivity contribution in [2.75, 3.05) is 17.2 Å². The molecule has 0 fully saturated rings. The molecule has 0 bridgehead atoms. The monoisotopic (exact) mass is 373 g/mol. The first kappa shape index (κ1) is 19.9. The Morgan fingerprint density at radius 1 is 1.04 bits per heavy atom. The Hall–Kier alpha value is -2.37. The van der Waals surface area contributed by atoms with Crippen LogP contribution in [0.1, 0.15) is 26.3 Å². The van der Waals surface area contributed by atoms with Gasteiger partial charge >= 0.3 is 0 Å². The van der Waals surface area contributed by atoms with Crippen LogP contribution in [0.15, 0.2) is 48.5 Å². The van der Waals surface area contributed by atoms with E-state index in [0.29, 0.717) is 22.9 Å². The van der Waals surface area contributed by atoms with Gasteiger partial charge in [0.2, 0.25) is 11.8 Å². The molecular formula is C20H24ClN3O2. The molecule has 0 spiro atoms. The molecule has 0 radical (unpaired) electrons. The first-order valence-corrected chi connectivity index (χ1v) is 8.87. The first-order valence-electron chi connectivity index (χ1n) is 8.49. The Balaban J connectivity index is 1.95. The van der Waals surface area contributed by atoms with Crippen molar-refractivity contribution < 1.29 is 9.59 Å². The van der Waals surface area contributed by atoms with Gasteiger partial charge in [-0.25, -0.2) is 0 Å². The average Bonchev–Trinajstić information content (AvgIpc) is 2.55. The fourth-order valence-electron chi connectivity index (χ4n) is 2.52. The molecule has 0 atom stereocenters. The van der Waals surface area contributed by atoms with Crippen LogP contribution in [0.2, 0.25) is 5.02 Å². The Labute approximate surface area is 159 Å². The van der Waals surface area contributed by atoms with E-state index in [0.717, 1.165) is 5.56 Å². The van der Waals surface area contributed by atoms with Gasteiger partial charge in [-0.2, -0.15) is 0 Å². The number of benzene rings is 2. The molecule has 2 rings (SSSR count). The second kappa shape index (κ2) is 9.36. The van der Waals surface area contributed by atoms with Crippen molar-refractivity contribution in [1.29, 1.82) is 0 Å². The molecule has 5 nitrogen and oxygen atoms in total. The molecule has 0 aliphatic rings. The highest BCUT2D eigenvalue weighted by molar-refractivity contribution is 6.30. The van der Waals surface area contributed by atoms with Crippen LogP contribution in [-0.2, 0) is 16.1 Å². The van der Waals surface area contributed by atoms with Gasteiger partial charge in [0.15, 0.2) is 0 Å². The highest BCUT2D eigenvalue weighted by Crippen LogP contribution is 2.16. The maximum atomic E-state index is 12.4. The predicted octanol–water partition coefficient (Wildman–Crippen LogP) is 4.15. The summed E-state index contributed by atoms with van der Waals surface area (Å²) in [6.45, 7) is 6.49. The van der Waals surface area contributed by atoms with Gasteiger partial charge in [-0.15, -0.1) is 0 Å². The number of halogens is 1.